The highest BCUT2D eigenvalue weighted by molar-refractivity contribution is 5.68. The van der Waals surface area contributed by atoms with Crippen molar-refractivity contribution in [1.29, 1.82) is 0 Å². The van der Waals surface area contributed by atoms with Crippen molar-refractivity contribution in [2.45, 2.75) is 32.7 Å². The molecule has 0 amide bonds. The van der Waals surface area contributed by atoms with Gasteiger partial charge in [-0.2, -0.15) is 4.98 Å². The van der Waals surface area contributed by atoms with Gasteiger partial charge in [0.15, 0.2) is 0 Å². The molecular weight excluding hydrogens is 427 g/mol. The van der Waals surface area contributed by atoms with Crippen LogP contribution in [0.4, 0.5) is 36.3 Å². The minimum absolute atomic E-state index is 0.0531. The number of hydrogen-bond donors (Lipinski definition) is 2. The van der Waals surface area contributed by atoms with Gasteiger partial charge in [-0.05, 0) is 37.6 Å². The minimum Gasteiger partial charge on any atom is -0.406 e. The lowest BCUT2D eigenvalue weighted by molar-refractivity contribution is -0.384. The van der Waals surface area contributed by atoms with Crippen LogP contribution in [0.3, 0.4) is 0 Å². The summed E-state index contributed by atoms with van der Waals surface area (Å²) in [6.07, 6.45) is -4.01. The van der Waals surface area contributed by atoms with Crippen molar-refractivity contribution in [3.05, 3.63) is 64.7 Å². The summed E-state index contributed by atoms with van der Waals surface area (Å²) in [5.41, 5.74) is 1.25. The molecule has 1 atom stereocenters. The second-order valence-electron chi connectivity index (χ2n) is 6.92. The van der Waals surface area contributed by atoms with Crippen molar-refractivity contribution in [3.8, 4) is 17.0 Å². The van der Waals surface area contributed by atoms with Crippen molar-refractivity contribution in [2.24, 2.45) is 0 Å². The van der Waals surface area contributed by atoms with E-state index >= 15 is 0 Å². The highest BCUT2D eigenvalue weighted by Gasteiger charge is 2.31. The van der Waals surface area contributed by atoms with Crippen LogP contribution >= 0.6 is 0 Å². The average molecular weight is 447 g/mol. The van der Waals surface area contributed by atoms with Gasteiger partial charge in [-0.1, -0.05) is 19.1 Å². The first-order valence-electron chi connectivity index (χ1n) is 9.66. The van der Waals surface area contributed by atoms with E-state index in [-0.39, 0.29) is 23.4 Å². The van der Waals surface area contributed by atoms with E-state index in [4.69, 9.17) is 0 Å². The number of aromatic nitrogens is 2. The number of hydrogen-bond acceptors (Lipinski definition) is 7. The van der Waals surface area contributed by atoms with Gasteiger partial charge in [0.2, 0.25) is 5.95 Å². The summed E-state index contributed by atoms with van der Waals surface area (Å²) >= 11 is 0. The molecule has 8 nitrogen and oxygen atoms in total. The van der Waals surface area contributed by atoms with Crippen LogP contribution in [0.15, 0.2) is 54.6 Å². The van der Waals surface area contributed by atoms with Crippen molar-refractivity contribution in [1.82, 2.24) is 9.97 Å². The summed E-state index contributed by atoms with van der Waals surface area (Å²) in [6, 6.07) is 12.8. The topological polar surface area (TPSA) is 102 Å². The molecule has 1 aromatic heterocycles. The highest BCUT2D eigenvalue weighted by Crippen LogP contribution is 2.29. The van der Waals surface area contributed by atoms with Crippen LogP contribution in [0.5, 0.6) is 5.75 Å². The maximum absolute atomic E-state index is 12.6. The molecule has 3 aromatic rings. The number of non-ortho nitro benzene ring substituents is 1. The van der Waals surface area contributed by atoms with Crippen LogP contribution in [0.1, 0.15) is 20.3 Å². The Kier molecular flexibility index (Phi) is 6.76. The van der Waals surface area contributed by atoms with E-state index in [0.717, 1.165) is 6.42 Å². The number of ether oxygens (including phenoxy) is 1. The summed E-state index contributed by atoms with van der Waals surface area (Å²) < 4.78 is 41.8. The van der Waals surface area contributed by atoms with Crippen LogP contribution < -0.4 is 15.4 Å². The normalized spacial score (nSPS) is 12.2. The first-order valence-corrected chi connectivity index (χ1v) is 9.66. The predicted octanol–water partition coefficient (Wildman–Crippen LogP) is 5.90. The molecule has 0 radical (unpaired) electrons. The van der Waals surface area contributed by atoms with Crippen molar-refractivity contribution >= 4 is 23.1 Å². The summed E-state index contributed by atoms with van der Waals surface area (Å²) in [7, 11) is 0. The van der Waals surface area contributed by atoms with Gasteiger partial charge in [0.25, 0.3) is 5.69 Å². The molecule has 2 N–H and O–H groups in total. The molecular formula is C21H20F3N5O3. The molecule has 1 heterocycles. The van der Waals surface area contributed by atoms with Gasteiger partial charge in [-0.3, -0.25) is 10.1 Å². The molecule has 0 aliphatic rings. The van der Waals surface area contributed by atoms with Crippen LogP contribution in [-0.4, -0.2) is 27.3 Å². The SMILES string of the molecule is CC[C@H](C)Nc1nc(Nc2ccc([N+](=O)[O-])cc2)cc(-c2cccc(OC(F)(F)F)c2)n1. The lowest BCUT2D eigenvalue weighted by Gasteiger charge is -2.15. The first-order chi connectivity index (χ1) is 15.1. The van der Waals surface area contributed by atoms with E-state index in [9.17, 15) is 23.3 Å². The number of nitro groups is 1. The Bertz CT molecular complexity index is 1090. The fourth-order valence-corrected chi connectivity index (χ4v) is 2.71. The molecule has 32 heavy (non-hydrogen) atoms. The third-order valence-electron chi connectivity index (χ3n) is 4.43. The summed E-state index contributed by atoms with van der Waals surface area (Å²) in [4.78, 5) is 19.2. The molecule has 0 unspecified atom stereocenters. The Morgan fingerprint density at radius 3 is 2.47 bits per heavy atom. The molecule has 0 aliphatic carbocycles. The summed E-state index contributed by atoms with van der Waals surface area (Å²) in [5.74, 6) is 0.273. The third kappa shape index (κ3) is 6.30. The molecule has 0 saturated carbocycles. The molecule has 3 rings (SSSR count). The standard InChI is InChI=1S/C21H20F3N5O3/c1-3-13(2)25-20-27-18(14-5-4-6-17(11-14)32-21(22,23)24)12-19(28-20)26-15-7-9-16(10-8-15)29(30)31/h4-13H,3H2,1-2H3,(H2,25,26,27,28)/t13-/m0/s1. The van der Waals surface area contributed by atoms with Gasteiger partial charge < -0.3 is 15.4 Å². The monoisotopic (exact) mass is 447 g/mol. The minimum atomic E-state index is -4.81. The molecule has 0 spiro atoms. The Hall–Kier alpha value is -3.89. The van der Waals surface area contributed by atoms with Gasteiger partial charge in [0, 0.05) is 35.5 Å². The Labute approximate surface area is 181 Å². The lowest BCUT2D eigenvalue weighted by atomic mass is 10.1. The van der Waals surface area contributed by atoms with Crippen molar-refractivity contribution in [2.75, 3.05) is 10.6 Å². The van der Waals surface area contributed by atoms with Crippen LogP contribution in [-0.2, 0) is 0 Å². The Balaban J connectivity index is 1.96. The number of nitro benzene ring substituents is 1. The van der Waals surface area contributed by atoms with Gasteiger partial charge in [-0.25, -0.2) is 4.98 Å². The molecule has 2 aromatic carbocycles. The zero-order valence-corrected chi connectivity index (χ0v) is 17.2. The van der Waals surface area contributed by atoms with Crippen LogP contribution in [0.25, 0.3) is 11.3 Å². The molecule has 0 saturated heterocycles. The number of anilines is 3. The lowest BCUT2D eigenvalue weighted by Crippen LogP contribution is -2.17. The molecule has 0 aliphatic heterocycles. The predicted molar refractivity (Wildman–Crippen MR) is 114 cm³/mol. The van der Waals surface area contributed by atoms with E-state index < -0.39 is 11.3 Å². The number of benzene rings is 2. The Morgan fingerprint density at radius 1 is 1.12 bits per heavy atom. The van der Waals surface area contributed by atoms with Gasteiger partial charge in [0.1, 0.15) is 11.6 Å². The third-order valence-corrected chi connectivity index (χ3v) is 4.43. The van der Waals surface area contributed by atoms with E-state index in [0.29, 0.717) is 22.8 Å². The fourth-order valence-electron chi connectivity index (χ4n) is 2.71. The van der Waals surface area contributed by atoms with Crippen LogP contribution in [0.2, 0.25) is 0 Å². The zero-order chi connectivity index (χ0) is 23.3. The number of alkyl halides is 3. The fraction of sp³-hybridized carbons (Fsp3) is 0.238. The van der Waals surface area contributed by atoms with E-state index in [2.05, 4.69) is 25.3 Å². The van der Waals surface area contributed by atoms with E-state index in [1.807, 2.05) is 13.8 Å². The largest absolute Gasteiger partial charge is 0.573 e. The molecule has 168 valence electrons. The highest BCUT2D eigenvalue weighted by atomic mass is 19.4. The zero-order valence-electron chi connectivity index (χ0n) is 17.2. The van der Waals surface area contributed by atoms with Gasteiger partial charge in [0.05, 0.1) is 10.6 Å². The van der Waals surface area contributed by atoms with Gasteiger partial charge in [-0.15, -0.1) is 13.2 Å². The Morgan fingerprint density at radius 2 is 1.84 bits per heavy atom. The number of nitrogens with zero attached hydrogens (tertiary/aromatic N) is 3. The van der Waals surface area contributed by atoms with Crippen molar-refractivity contribution < 1.29 is 22.8 Å². The maximum atomic E-state index is 12.6. The quantitative estimate of drug-likeness (QED) is 0.327. The van der Waals surface area contributed by atoms with E-state index in [1.54, 1.807) is 12.1 Å². The molecule has 11 heteroatoms. The van der Waals surface area contributed by atoms with Crippen molar-refractivity contribution in [3.63, 3.8) is 0 Å². The summed E-state index contributed by atoms with van der Waals surface area (Å²) in [6.45, 7) is 3.92. The second-order valence-corrected chi connectivity index (χ2v) is 6.92. The van der Waals surface area contributed by atoms with E-state index in [1.165, 1.54) is 42.5 Å². The van der Waals surface area contributed by atoms with Crippen LogP contribution in [0, 0.1) is 10.1 Å². The molecule has 0 fully saturated rings. The second kappa shape index (κ2) is 9.50. The average Bonchev–Trinajstić information content (AvgIpc) is 2.73. The number of halogens is 3. The maximum Gasteiger partial charge on any atom is 0.573 e. The van der Waals surface area contributed by atoms with Gasteiger partial charge >= 0.3 is 6.36 Å². The number of nitrogens with one attached hydrogen (secondary N) is 2. The smallest absolute Gasteiger partial charge is 0.406 e. The molecule has 0 bridgehead atoms. The number of rotatable bonds is 8. The first kappa shape index (κ1) is 22.8. The summed E-state index contributed by atoms with van der Waals surface area (Å²) in [5, 5.41) is 17.0.